The minimum Gasteiger partial charge on any atom is -0.548 e. The molecule has 0 unspecified atom stereocenters. The third-order valence-corrected chi connectivity index (χ3v) is 14.7. The number of Topliss-reactive ketones (excluding diaryl/α,β-unsaturated/α-hetero) is 2. The fraction of sp³-hybridized carbons (Fsp3) is 0. The van der Waals surface area contributed by atoms with Crippen LogP contribution in [0.4, 0.5) is 122 Å². The number of para-hydroxylation sites is 4. The van der Waals surface area contributed by atoms with Crippen LogP contribution in [0.1, 0.15) is 11.1 Å². The Hall–Kier alpha value is -11.1. The van der Waals surface area contributed by atoms with Crippen LogP contribution in [0, 0.1) is 116 Å². The van der Waals surface area contributed by atoms with Gasteiger partial charge in [-0.05, 0) is 83.9 Å². The Bertz CT molecular complexity index is 4150. The maximum Gasteiger partial charge on any atom is 0.439 e. The van der Waals surface area contributed by atoms with Crippen molar-refractivity contribution in [3.05, 3.63) is 309 Å². The Labute approximate surface area is 516 Å². The third-order valence-electron chi connectivity index (χ3n) is 14.7. The van der Waals surface area contributed by atoms with Crippen molar-refractivity contribution in [3.8, 4) is 0 Å². The molecule has 472 valence electrons. The summed E-state index contributed by atoms with van der Waals surface area (Å²) in [5.74, 6) is -69.8. The molecule has 1 aliphatic rings. The topological polar surface area (TPSA) is 59.1 Å². The number of ketones is 2. The maximum atomic E-state index is 16.4. The van der Waals surface area contributed by atoms with Crippen LogP contribution in [0.5, 0.6) is 0 Å². The second-order valence-corrected chi connectivity index (χ2v) is 20.1. The number of benzene rings is 10. The van der Waals surface area contributed by atoms with Crippen molar-refractivity contribution in [2.45, 2.75) is 0 Å². The van der Waals surface area contributed by atoms with Crippen LogP contribution in [-0.4, -0.2) is 25.4 Å². The number of anilines is 6. The summed E-state index contributed by atoms with van der Waals surface area (Å²) in [6.45, 7) is -8.12. The van der Waals surface area contributed by atoms with Crippen LogP contribution in [0.3, 0.4) is 0 Å². The zero-order chi connectivity index (χ0) is 67.5. The van der Waals surface area contributed by atoms with E-state index >= 15 is 79.8 Å². The predicted octanol–water partition coefficient (Wildman–Crippen LogP) is 15.3. The van der Waals surface area contributed by atoms with E-state index in [1.54, 1.807) is 121 Å². The lowest BCUT2D eigenvalue weighted by molar-refractivity contribution is -0.116. The molecule has 0 amide bonds. The molecule has 10 aromatic carbocycles. The molecule has 0 spiro atoms. The molecule has 6 nitrogen and oxygen atoms in total. The second-order valence-electron chi connectivity index (χ2n) is 20.1. The summed E-state index contributed by atoms with van der Waals surface area (Å²) >= 11 is 0. The standard InChI is InChI=1S/C66H28B2F20N2O4/c69-43-39(44(70)52(78)59(85)51(43)77)67(40-45(71)53(79)60(86)54(80)46(40)72)93-65-37(29-21-25-35(26-22-29)89(31-13-5-1-6-14-31)32-15-7-2-8-16-32)63(91)66(38(64(65)92)30-23-27-36(28-24-30)90(33-17-9-3-10-18-33)34-19-11-4-12-20-34)94-68(41-47(73)55(81)61(87)56(82)48(41)74)42-49(75)57(83)62(88)58(84)50(42)76/h1-28H. The van der Waals surface area contributed by atoms with Gasteiger partial charge in [0.2, 0.25) is 11.6 Å². The highest BCUT2D eigenvalue weighted by molar-refractivity contribution is 6.82. The third kappa shape index (κ3) is 11.0. The molecule has 0 atom stereocenters. The van der Waals surface area contributed by atoms with Crippen molar-refractivity contribution >= 4 is 92.5 Å². The lowest BCUT2D eigenvalue weighted by Gasteiger charge is -2.30. The van der Waals surface area contributed by atoms with Crippen LogP contribution in [0.25, 0.3) is 11.1 Å². The van der Waals surface area contributed by atoms with Gasteiger partial charge in [0.25, 0.3) is 0 Å². The van der Waals surface area contributed by atoms with E-state index in [9.17, 15) is 17.6 Å². The average Bonchev–Trinajstić information content (AvgIpc) is 0.734. The second kappa shape index (κ2) is 25.6. The average molecular weight is 1310 g/mol. The zero-order valence-corrected chi connectivity index (χ0v) is 46.4. The molecular formula is C66H28B2F20N2O4. The number of nitrogens with zero attached hydrogens (tertiary/aromatic N) is 2. The summed E-state index contributed by atoms with van der Waals surface area (Å²) in [6, 6.07) is 39.3. The van der Waals surface area contributed by atoms with Gasteiger partial charge in [-0.3, -0.25) is 9.59 Å². The number of halogens is 20. The van der Waals surface area contributed by atoms with E-state index in [1.165, 1.54) is 9.80 Å². The summed E-state index contributed by atoms with van der Waals surface area (Å²) in [7, 11) is 0. The van der Waals surface area contributed by atoms with Crippen molar-refractivity contribution in [1.29, 1.82) is 0 Å². The van der Waals surface area contributed by atoms with Crippen molar-refractivity contribution < 1.29 is 107 Å². The smallest absolute Gasteiger partial charge is 0.439 e. The van der Waals surface area contributed by atoms with Crippen molar-refractivity contribution in [1.82, 2.24) is 0 Å². The minimum absolute atomic E-state index is 0.0602. The SMILES string of the molecule is O=C1C(OB(c2c(F)c(F)c(F)c(F)c2F)c2c(F)c(F)c(F)c(F)c2F)=C(c2ccc(N(c3ccccc3)c3ccccc3)cc2)C(=O)C(OB(c2c(F)c(F)c(F)c(F)c2F)c2c(F)c(F)c(F)c(F)c2F)=C1c1ccc(N(c2ccccc2)c2ccccc2)cc1. The molecule has 1 aliphatic carbocycles. The van der Waals surface area contributed by atoms with E-state index < -0.39 is 197 Å². The van der Waals surface area contributed by atoms with E-state index in [-0.39, 0.29) is 11.4 Å². The Balaban J connectivity index is 1.25. The molecule has 0 saturated heterocycles. The highest BCUT2D eigenvalue weighted by atomic mass is 19.2. The molecule has 0 heterocycles. The van der Waals surface area contributed by atoms with Gasteiger partial charge in [-0.2, -0.15) is 0 Å². The summed E-state index contributed by atoms with van der Waals surface area (Å²) in [5.41, 5.74) is -14.2. The molecule has 0 radical (unpaired) electrons. The van der Waals surface area contributed by atoms with E-state index in [4.69, 9.17) is 9.31 Å². The quantitative estimate of drug-likeness (QED) is 0.0316. The van der Waals surface area contributed by atoms with Crippen molar-refractivity contribution in [2.75, 3.05) is 9.80 Å². The molecule has 0 saturated carbocycles. The van der Waals surface area contributed by atoms with E-state index in [0.29, 0.717) is 22.7 Å². The van der Waals surface area contributed by atoms with Crippen molar-refractivity contribution in [3.63, 3.8) is 0 Å². The Morgan fingerprint density at radius 3 is 0.585 bits per heavy atom. The first-order valence-corrected chi connectivity index (χ1v) is 26.8. The van der Waals surface area contributed by atoms with Crippen LogP contribution >= 0.6 is 0 Å². The molecule has 0 aliphatic heterocycles. The zero-order valence-electron chi connectivity index (χ0n) is 46.4. The molecule has 0 fully saturated rings. The molecular weight excluding hydrogens is 1290 g/mol. The van der Waals surface area contributed by atoms with Gasteiger partial charge < -0.3 is 19.1 Å². The minimum atomic E-state index is -4.06. The van der Waals surface area contributed by atoms with Gasteiger partial charge in [-0.15, -0.1) is 0 Å². The molecule has 0 N–H and O–H groups in total. The number of hydrogen-bond acceptors (Lipinski definition) is 6. The number of carbonyl (C=O) groups excluding carboxylic acids is 2. The van der Waals surface area contributed by atoms with Crippen LogP contribution in [0.2, 0.25) is 0 Å². The number of allylic oxidation sites excluding steroid dienone is 2. The lowest BCUT2D eigenvalue weighted by Crippen LogP contribution is -2.54. The Morgan fingerprint density at radius 1 is 0.223 bits per heavy atom. The molecule has 94 heavy (non-hydrogen) atoms. The van der Waals surface area contributed by atoms with E-state index in [2.05, 4.69) is 0 Å². The van der Waals surface area contributed by atoms with Gasteiger partial charge in [-0.25, -0.2) is 87.8 Å². The van der Waals surface area contributed by atoms with E-state index in [1.807, 2.05) is 0 Å². The first kappa shape index (κ1) is 64.5. The Morgan fingerprint density at radius 2 is 0.394 bits per heavy atom. The number of carbonyl (C=O) groups is 2. The van der Waals surface area contributed by atoms with Gasteiger partial charge in [0.15, 0.2) is 128 Å². The molecule has 0 aromatic heterocycles. The number of rotatable bonds is 16. The van der Waals surface area contributed by atoms with Crippen LogP contribution < -0.4 is 31.7 Å². The highest BCUT2D eigenvalue weighted by Gasteiger charge is 2.50. The summed E-state index contributed by atoms with van der Waals surface area (Å²) in [6.07, 6.45) is 0. The monoisotopic (exact) mass is 1310 g/mol. The Kier molecular flexibility index (Phi) is 17.5. The summed E-state index contributed by atoms with van der Waals surface area (Å²) in [5, 5.41) is 0. The maximum absolute atomic E-state index is 16.4. The summed E-state index contributed by atoms with van der Waals surface area (Å²) < 4.78 is 325. The predicted molar refractivity (Wildman–Crippen MR) is 303 cm³/mol. The van der Waals surface area contributed by atoms with Crippen LogP contribution in [0.15, 0.2) is 181 Å². The normalized spacial score (nSPS) is 12.4. The first-order valence-electron chi connectivity index (χ1n) is 26.8. The van der Waals surface area contributed by atoms with Gasteiger partial charge in [-0.1, -0.05) is 97.1 Å². The van der Waals surface area contributed by atoms with Crippen LogP contribution in [-0.2, 0) is 18.9 Å². The molecule has 11 rings (SSSR count). The molecule has 0 bridgehead atoms. The fourth-order valence-electron chi connectivity index (χ4n) is 10.3. The lowest BCUT2D eigenvalue weighted by atomic mass is 9.53. The molecule has 28 heteroatoms. The highest BCUT2D eigenvalue weighted by Crippen LogP contribution is 2.43. The largest absolute Gasteiger partial charge is 0.548 e. The van der Waals surface area contributed by atoms with Gasteiger partial charge in [0, 0.05) is 56.0 Å². The number of hydrogen-bond donors (Lipinski definition) is 0. The van der Waals surface area contributed by atoms with Gasteiger partial charge in [0.1, 0.15) is 0 Å². The van der Waals surface area contributed by atoms with Gasteiger partial charge in [0.05, 0.1) is 11.1 Å². The van der Waals surface area contributed by atoms with E-state index in [0.717, 1.165) is 48.5 Å². The van der Waals surface area contributed by atoms with Gasteiger partial charge >= 0.3 is 13.8 Å². The van der Waals surface area contributed by atoms with Crippen molar-refractivity contribution in [2.24, 2.45) is 0 Å². The molecule has 10 aromatic rings. The summed E-state index contributed by atoms with van der Waals surface area (Å²) in [4.78, 5) is 35.2. The fourth-order valence-corrected chi connectivity index (χ4v) is 10.3. The first-order chi connectivity index (χ1) is 44.9.